The molecule has 1 aliphatic rings. The molecule has 1 fully saturated rings. The topological polar surface area (TPSA) is 26.3 Å². The number of benzene rings is 1. The van der Waals surface area contributed by atoms with Crippen LogP contribution in [0.4, 0.5) is 13.2 Å². The Bertz CT molecular complexity index is 427. The zero-order chi connectivity index (χ0) is 12.7. The Labute approximate surface area is 96.4 Å². The molecule has 1 heterocycles. The lowest BCUT2D eigenvalue weighted by atomic mass is 9.89. The van der Waals surface area contributed by atoms with Gasteiger partial charge in [-0.3, -0.25) is 4.79 Å². The molecule has 0 aliphatic carbocycles. The Morgan fingerprint density at radius 2 is 1.88 bits per heavy atom. The zero-order valence-corrected chi connectivity index (χ0v) is 9.12. The molecule has 92 valence electrons. The van der Waals surface area contributed by atoms with E-state index in [-0.39, 0.29) is 6.42 Å². The fourth-order valence-electron chi connectivity index (χ4n) is 2.02. The number of ether oxygens (including phenoxy) is 1. The first-order valence-electron chi connectivity index (χ1n) is 5.18. The second-order valence-electron chi connectivity index (χ2n) is 4.32. The number of hydrogen-bond acceptors (Lipinski definition) is 2. The lowest BCUT2D eigenvalue weighted by Gasteiger charge is -2.23. The van der Waals surface area contributed by atoms with Gasteiger partial charge in [0.2, 0.25) is 0 Å². The molecule has 0 aromatic heterocycles. The van der Waals surface area contributed by atoms with Gasteiger partial charge >= 0.3 is 12.1 Å². The number of carbonyl (C=O) groups is 1. The summed E-state index contributed by atoms with van der Waals surface area (Å²) >= 11 is 0. The molecule has 0 N–H and O–H groups in total. The van der Waals surface area contributed by atoms with Crippen LogP contribution in [-0.4, -0.2) is 12.1 Å². The smallest absolute Gasteiger partial charge is 0.402 e. The zero-order valence-electron chi connectivity index (χ0n) is 9.12. The highest BCUT2D eigenvalue weighted by Gasteiger charge is 2.56. The van der Waals surface area contributed by atoms with Gasteiger partial charge in [-0.1, -0.05) is 30.3 Å². The second-order valence-corrected chi connectivity index (χ2v) is 4.32. The van der Waals surface area contributed by atoms with Crippen LogP contribution in [0.15, 0.2) is 30.3 Å². The summed E-state index contributed by atoms with van der Waals surface area (Å²) in [6.45, 7) is 1.51. The van der Waals surface area contributed by atoms with Gasteiger partial charge in [-0.2, -0.15) is 13.2 Å². The lowest BCUT2D eigenvalue weighted by molar-refractivity contribution is -0.185. The maximum Gasteiger partial charge on any atom is 0.402 e. The van der Waals surface area contributed by atoms with Crippen LogP contribution < -0.4 is 0 Å². The largest absolute Gasteiger partial charge is 0.454 e. The molecule has 17 heavy (non-hydrogen) atoms. The van der Waals surface area contributed by atoms with Crippen molar-refractivity contribution in [3.05, 3.63) is 35.9 Å². The van der Waals surface area contributed by atoms with Crippen LogP contribution >= 0.6 is 0 Å². The van der Waals surface area contributed by atoms with Crippen molar-refractivity contribution in [3.8, 4) is 0 Å². The number of rotatable bonds is 1. The number of hydrogen-bond donors (Lipinski definition) is 0. The average molecular weight is 244 g/mol. The van der Waals surface area contributed by atoms with Crippen molar-refractivity contribution >= 4 is 5.97 Å². The first-order chi connectivity index (χ1) is 7.83. The van der Waals surface area contributed by atoms with E-state index >= 15 is 0 Å². The van der Waals surface area contributed by atoms with E-state index in [1.807, 2.05) is 0 Å². The first-order valence-corrected chi connectivity index (χ1v) is 5.18. The Hall–Kier alpha value is -1.52. The molecule has 0 radical (unpaired) electrons. The number of cyclic esters (lactones) is 1. The number of halogens is 3. The highest BCUT2D eigenvalue weighted by Crippen LogP contribution is 2.45. The van der Waals surface area contributed by atoms with E-state index in [9.17, 15) is 18.0 Å². The molecular formula is C12H11F3O2. The summed E-state index contributed by atoms with van der Waals surface area (Å²) in [5.41, 5.74) is -0.599. The summed E-state index contributed by atoms with van der Waals surface area (Å²) < 4.78 is 42.6. The van der Waals surface area contributed by atoms with Gasteiger partial charge in [-0.05, 0) is 12.5 Å². The van der Waals surface area contributed by atoms with E-state index in [1.165, 1.54) is 6.92 Å². The summed E-state index contributed by atoms with van der Waals surface area (Å²) in [4.78, 5) is 11.3. The fraction of sp³-hybridized carbons (Fsp3) is 0.417. The van der Waals surface area contributed by atoms with Gasteiger partial charge in [-0.15, -0.1) is 0 Å². The minimum atomic E-state index is -4.54. The molecule has 0 bridgehead atoms. The third-order valence-electron chi connectivity index (χ3n) is 2.98. The monoisotopic (exact) mass is 244 g/mol. The number of esters is 1. The standard InChI is InChI=1S/C12H11F3O2/c1-11(8-5-3-2-4-6-8)7-9(10(16)17-11)12(13,14)15/h2-6,9H,7H2,1H3/t9-,11-/m1/s1. The molecule has 1 saturated heterocycles. The summed E-state index contributed by atoms with van der Waals surface area (Å²) in [5.74, 6) is -3.21. The quantitative estimate of drug-likeness (QED) is 0.710. The Kier molecular flexibility index (Phi) is 2.64. The van der Waals surface area contributed by atoms with Gasteiger partial charge in [0.1, 0.15) is 5.60 Å². The molecule has 5 heteroatoms. The predicted molar refractivity (Wildman–Crippen MR) is 54.0 cm³/mol. The molecule has 1 aliphatic heterocycles. The molecular weight excluding hydrogens is 233 g/mol. The SMILES string of the molecule is C[C@]1(c2ccccc2)C[C@@H](C(F)(F)F)C(=O)O1. The molecule has 1 aromatic carbocycles. The molecule has 0 amide bonds. The molecule has 2 atom stereocenters. The maximum atomic E-state index is 12.6. The van der Waals surface area contributed by atoms with Gasteiger partial charge in [0.25, 0.3) is 0 Å². The number of carbonyl (C=O) groups excluding carboxylic acids is 1. The van der Waals surface area contributed by atoms with Crippen molar-refractivity contribution in [2.45, 2.75) is 25.1 Å². The van der Waals surface area contributed by atoms with Crippen molar-refractivity contribution in [1.82, 2.24) is 0 Å². The molecule has 1 aromatic rings. The van der Waals surface area contributed by atoms with Crippen molar-refractivity contribution in [1.29, 1.82) is 0 Å². The van der Waals surface area contributed by atoms with Crippen LogP contribution in [0.5, 0.6) is 0 Å². The third-order valence-corrected chi connectivity index (χ3v) is 2.98. The van der Waals surface area contributed by atoms with Crippen LogP contribution in [0.1, 0.15) is 18.9 Å². The minimum absolute atomic E-state index is 0.362. The van der Waals surface area contributed by atoms with Crippen molar-refractivity contribution in [2.75, 3.05) is 0 Å². The van der Waals surface area contributed by atoms with E-state index in [0.717, 1.165) is 0 Å². The van der Waals surface area contributed by atoms with Crippen LogP contribution in [0.25, 0.3) is 0 Å². The van der Waals surface area contributed by atoms with Gasteiger partial charge in [-0.25, -0.2) is 0 Å². The Balaban J connectivity index is 2.29. The van der Waals surface area contributed by atoms with Gasteiger partial charge in [0.05, 0.1) is 0 Å². The third kappa shape index (κ3) is 2.14. The molecule has 2 nitrogen and oxygen atoms in total. The van der Waals surface area contributed by atoms with Crippen molar-refractivity contribution in [3.63, 3.8) is 0 Å². The molecule has 2 rings (SSSR count). The Morgan fingerprint density at radius 3 is 2.35 bits per heavy atom. The fourth-order valence-corrected chi connectivity index (χ4v) is 2.02. The van der Waals surface area contributed by atoms with Crippen LogP contribution in [0, 0.1) is 5.92 Å². The van der Waals surface area contributed by atoms with E-state index in [1.54, 1.807) is 30.3 Å². The Morgan fingerprint density at radius 1 is 1.29 bits per heavy atom. The van der Waals surface area contributed by atoms with Gasteiger partial charge in [0, 0.05) is 6.42 Å². The van der Waals surface area contributed by atoms with Crippen molar-refractivity contribution < 1.29 is 22.7 Å². The van der Waals surface area contributed by atoms with Crippen molar-refractivity contribution in [2.24, 2.45) is 5.92 Å². The van der Waals surface area contributed by atoms with Crippen LogP contribution in [-0.2, 0) is 15.1 Å². The average Bonchev–Trinajstić information content (AvgIpc) is 2.57. The molecule has 0 unspecified atom stereocenters. The molecule has 0 saturated carbocycles. The van der Waals surface area contributed by atoms with Crippen LogP contribution in [0.2, 0.25) is 0 Å². The normalized spacial score (nSPS) is 29.2. The predicted octanol–water partition coefficient (Wildman–Crippen LogP) is 3.03. The summed E-state index contributed by atoms with van der Waals surface area (Å²) in [7, 11) is 0. The summed E-state index contributed by atoms with van der Waals surface area (Å²) in [6, 6.07) is 8.48. The van der Waals surface area contributed by atoms with E-state index in [2.05, 4.69) is 0 Å². The summed E-state index contributed by atoms with van der Waals surface area (Å²) in [5, 5.41) is 0. The number of alkyl halides is 3. The van der Waals surface area contributed by atoms with E-state index in [0.29, 0.717) is 5.56 Å². The second kappa shape index (κ2) is 3.75. The van der Waals surface area contributed by atoms with Crippen LogP contribution in [0.3, 0.4) is 0 Å². The van der Waals surface area contributed by atoms with E-state index in [4.69, 9.17) is 4.74 Å². The highest BCUT2D eigenvalue weighted by molar-refractivity contribution is 5.76. The summed E-state index contributed by atoms with van der Waals surface area (Å²) in [6.07, 6.45) is -4.90. The molecule has 0 spiro atoms. The maximum absolute atomic E-state index is 12.6. The lowest BCUT2D eigenvalue weighted by Crippen LogP contribution is -2.27. The minimum Gasteiger partial charge on any atom is -0.454 e. The van der Waals surface area contributed by atoms with E-state index < -0.39 is 23.7 Å². The first kappa shape index (κ1) is 12.0. The van der Waals surface area contributed by atoms with Gasteiger partial charge in [0.15, 0.2) is 5.92 Å². The van der Waals surface area contributed by atoms with Gasteiger partial charge < -0.3 is 4.74 Å². The highest BCUT2D eigenvalue weighted by atomic mass is 19.4.